The molecular weight excluding hydrogens is 514 g/mol. The lowest BCUT2D eigenvalue weighted by molar-refractivity contribution is -0.247. The van der Waals surface area contributed by atoms with Crippen molar-refractivity contribution in [2.45, 2.75) is 37.8 Å². The van der Waals surface area contributed by atoms with E-state index >= 15 is 4.39 Å². The minimum Gasteiger partial charge on any atom is -0.433 e. The smallest absolute Gasteiger partial charge is 0.414 e. The largest absolute Gasteiger partial charge is 0.433 e. The summed E-state index contributed by atoms with van der Waals surface area (Å²) in [7, 11) is 0. The number of aliphatic imine (C=N–C) groups is 1. The molecule has 0 saturated carbocycles. The molecule has 1 fully saturated rings. The summed E-state index contributed by atoms with van der Waals surface area (Å²) in [4.78, 5) is 21.0. The van der Waals surface area contributed by atoms with Crippen LogP contribution in [0.25, 0.3) is 0 Å². The van der Waals surface area contributed by atoms with Crippen molar-refractivity contribution in [3.8, 4) is 5.75 Å². The number of amidine groups is 1. The van der Waals surface area contributed by atoms with Crippen molar-refractivity contribution in [3.05, 3.63) is 47.7 Å². The van der Waals surface area contributed by atoms with E-state index in [1.165, 1.54) is 12.1 Å². The number of hydrogen-bond acceptors (Lipinski definition) is 7. The first-order chi connectivity index (χ1) is 16.9. The molecule has 3 heterocycles. The number of fused-ring (bicyclic) bond motifs is 1. The first-order valence-corrected chi connectivity index (χ1v) is 11.8. The van der Waals surface area contributed by atoms with Gasteiger partial charge in [-0.15, -0.1) is 0 Å². The molecule has 2 aliphatic heterocycles. The summed E-state index contributed by atoms with van der Waals surface area (Å²) in [6, 6.07) is 2.33. The highest BCUT2D eigenvalue weighted by atomic mass is 32.2. The molecule has 0 bridgehead atoms. The maximum Gasteiger partial charge on any atom is 0.414 e. The number of allylic oxidation sites excluding steroid dienone is 3. The van der Waals surface area contributed by atoms with Crippen molar-refractivity contribution >= 4 is 22.8 Å². The molecule has 3 N–H and O–H groups in total. The van der Waals surface area contributed by atoms with E-state index < -0.39 is 66.9 Å². The van der Waals surface area contributed by atoms with Crippen LogP contribution in [0.5, 0.6) is 5.75 Å². The molecule has 0 radical (unpaired) electrons. The molecule has 36 heavy (non-hydrogen) atoms. The zero-order chi connectivity index (χ0) is 26.3. The molecule has 1 aromatic rings. The number of thioether (sulfide) groups is 1. The summed E-state index contributed by atoms with van der Waals surface area (Å²) in [5.41, 5.74) is 4.69. The van der Waals surface area contributed by atoms with Crippen LogP contribution in [-0.4, -0.2) is 52.8 Å². The van der Waals surface area contributed by atoms with Gasteiger partial charge in [-0.1, -0.05) is 18.7 Å². The molecule has 1 aliphatic carbocycles. The van der Waals surface area contributed by atoms with Gasteiger partial charge in [-0.3, -0.25) is 9.79 Å². The molecule has 1 aromatic heterocycles. The standard InChI is InChI=1S/C22H22F6N4O3S/c1-10-14(31-18(33)15-4-2-12(7-30-15)35-19(24)25)5-3-13(23)17(10)21-9-34-16(22(26,27)28)6-11(21)8-36-20(29)32-21/h2-5,7,10-11,16-17,19H,6,8-9H2,1H3,(H2,29,32)(H,31,33)/t10?,11-,16+,17?,21-/m0/s1. The van der Waals surface area contributed by atoms with Crippen LogP contribution in [0.1, 0.15) is 23.8 Å². The second kappa shape index (κ2) is 9.96. The summed E-state index contributed by atoms with van der Waals surface area (Å²) in [5, 5.41) is 2.75. The van der Waals surface area contributed by atoms with Crippen LogP contribution in [0.3, 0.4) is 0 Å². The molecule has 0 spiro atoms. The van der Waals surface area contributed by atoms with Gasteiger partial charge in [0.1, 0.15) is 22.8 Å². The monoisotopic (exact) mass is 536 g/mol. The van der Waals surface area contributed by atoms with Crippen LogP contribution < -0.4 is 15.8 Å². The number of carbonyl (C=O) groups is 1. The molecule has 7 nitrogen and oxygen atoms in total. The number of aromatic nitrogens is 1. The van der Waals surface area contributed by atoms with E-state index in [0.29, 0.717) is 0 Å². The van der Waals surface area contributed by atoms with Crippen molar-refractivity contribution in [1.82, 2.24) is 10.3 Å². The molecule has 2 unspecified atom stereocenters. The number of rotatable bonds is 5. The molecule has 0 aromatic carbocycles. The summed E-state index contributed by atoms with van der Waals surface area (Å²) >= 11 is 1.11. The summed E-state index contributed by atoms with van der Waals surface area (Å²) in [6.45, 7) is -1.93. The maximum atomic E-state index is 15.3. The molecule has 4 rings (SSSR count). The number of amides is 1. The number of carbonyl (C=O) groups excluding carboxylic acids is 1. The van der Waals surface area contributed by atoms with E-state index in [9.17, 15) is 26.7 Å². The average Bonchev–Trinajstić information content (AvgIpc) is 2.80. The Balaban J connectivity index is 1.57. The number of alkyl halides is 5. The van der Waals surface area contributed by atoms with Gasteiger partial charge in [0.2, 0.25) is 0 Å². The van der Waals surface area contributed by atoms with Gasteiger partial charge in [-0.2, -0.15) is 22.0 Å². The minimum absolute atomic E-state index is 0.113. The average molecular weight is 536 g/mol. The number of pyridine rings is 1. The Morgan fingerprint density at radius 1 is 1.33 bits per heavy atom. The third kappa shape index (κ3) is 5.19. The van der Waals surface area contributed by atoms with Gasteiger partial charge >= 0.3 is 12.8 Å². The number of hydrogen-bond donors (Lipinski definition) is 2. The highest BCUT2D eigenvalue weighted by Crippen LogP contribution is 2.52. The lowest BCUT2D eigenvalue weighted by atomic mass is 9.65. The molecule has 5 atom stereocenters. The number of nitrogens with zero attached hydrogens (tertiary/aromatic N) is 2. The van der Waals surface area contributed by atoms with E-state index in [1.807, 2.05) is 0 Å². The Kier molecular flexibility index (Phi) is 7.28. The summed E-state index contributed by atoms with van der Waals surface area (Å²) in [5.74, 6) is -3.79. The highest BCUT2D eigenvalue weighted by molar-refractivity contribution is 8.13. The Morgan fingerprint density at radius 2 is 2.08 bits per heavy atom. The third-order valence-corrected chi connectivity index (χ3v) is 7.49. The van der Waals surface area contributed by atoms with Gasteiger partial charge in [-0.05, 0) is 36.6 Å². The van der Waals surface area contributed by atoms with Crippen LogP contribution in [0.2, 0.25) is 0 Å². The molecular formula is C22H22F6N4O3S. The van der Waals surface area contributed by atoms with Crippen molar-refractivity contribution in [2.24, 2.45) is 28.5 Å². The first-order valence-electron chi connectivity index (χ1n) is 10.9. The number of nitrogens with one attached hydrogen (secondary N) is 1. The maximum absolute atomic E-state index is 15.3. The van der Waals surface area contributed by atoms with Gasteiger partial charge < -0.3 is 20.5 Å². The minimum atomic E-state index is -4.57. The normalized spacial score (nSPS) is 30.6. The Bertz CT molecular complexity index is 1090. The zero-order valence-corrected chi connectivity index (χ0v) is 19.6. The van der Waals surface area contributed by atoms with Crippen molar-refractivity contribution in [3.63, 3.8) is 0 Å². The predicted octanol–water partition coefficient (Wildman–Crippen LogP) is 4.18. The van der Waals surface area contributed by atoms with E-state index in [-0.39, 0.29) is 28.1 Å². The van der Waals surface area contributed by atoms with Crippen LogP contribution in [-0.2, 0) is 4.74 Å². The Hall–Kier alpha value is -2.74. The van der Waals surface area contributed by atoms with Crippen LogP contribution in [0.15, 0.2) is 47.0 Å². The van der Waals surface area contributed by atoms with E-state index in [1.54, 1.807) is 6.92 Å². The Labute approximate surface area is 206 Å². The van der Waals surface area contributed by atoms with Gasteiger partial charge in [0.25, 0.3) is 5.91 Å². The third-order valence-electron chi connectivity index (χ3n) is 6.54. The summed E-state index contributed by atoms with van der Waals surface area (Å²) in [6.07, 6.45) is -3.53. The second-order valence-corrected chi connectivity index (χ2v) is 9.72. The van der Waals surface area contributed by atoms with Crippen molar-refractivity contribution in [2.75, 3.05) is 12.4 Å². The number of ether oxygens (including phenoxy) is 2. The van der Waals surface area contributed by atoms with Crippen molar-refractivity contribution < 1.29 is 40.6 Å². The predicted molar refractivity (Wildman–Crippen MR) is 119 cm³/mol. The quantitative estimate of drug-likeness (QED) is 0.548. The SMILES string of the molecule is CC1C(NC(=O)c2ccc(OC(F)F)cn2)=CC=C(F)C1[C@]12CO[C@@H](C(F)(F)F)C[C@H]1CSC(N)=N2. The topological polar surface area (TPSA) is 98.8 Å². The summed E-state index contributed by atoms with van der Waals surface area (Å²) < 4.78 is 89.4. The Morgan fingerprint density at radius 3 is 2.72 bits per heavy atom. The van der Waals surface area contributed by atoms with Gasteiger partial charge in [0, 0.05) is 23.3 Å². The van der Waals surface area contributed by atoms with Crippen LogP contribution in [0.4, 0.5) is 26.3 Å². The van der Waals surface area contributed by atoms with Crippen LogP contribution >= 0.6 is 11.8 Å². The number of nitrogens with two attached hydrogens (primary N) is 1. The lowest BCUT2D eigenvalue weighted by Gasteiger charge is -2.51. The fraction of sp³-hybridized carbons (Fsp3) is 0.500. The molecule has 1 saturated heterocycles. The van der Waals surface area contributed by atoms with E-state index in [2.05, 4.69) is 20.0 Å². The fourth-order valence-corrected chi connectivity index (χ4v) is 5.87. The van der Waals surface area contributed by atoms with Crippen molar-refractivity contribution in [1.29, 1.82) is 0 Å². The van der Waals surface area contributed by atoms with Crippen LogP contribution in [0, 0.1) is 17.8 Å². The zero-order valence-electron chi connectivity index (χ0n) is 18.8. The highest BCUT2D eigenvalue weighted by Gasteiger charge is 2.59. The van der Waals surface area contributed by atoms with Gasteiger partial charge in [0.05, 0.1) is 12.8 Å². The fourth-order valence-electron chi connectivity index (χ4n) is 4.84. The lowest BCUT2D eigenvalue weighted by Crippen LogP contribution is -2.60. The molecule has 3 aliphatic rings. The second-order valence-electron chi connectivity index (χ2n) is 8.68. The molecule has 14 heteroatoms. The molecule has 1 amide bonds. The van der Waals surface area contributed by atoms with Gasteiger partial charge in [-0.25, -0.2) is 9.37 Å². The van der Waals surface area contributed by atoms with E-state index in [4.69, 9.17) is 10.5 Å². The van der Waals surface area contributed by atoms with Gasteiger partial charge in [0.15, 0.2) is 11.3 Å². The number of halogens is 6. The molecule has 196 valence electrons. The first kappa shape index (κ1) is 26.3. The van der Waals surface area contributed by atoms with E-state index in [0.717, 1.165) is 30.1 Å².